The third-order valence-electron chi connectivity index (χ3n) is 6.69. The van der Waals surface area contributed by atoms with Gasteiger partial charge in [-0.05, 0) is 99.7 Å². The van der Waals surface area contributed by atoms with Crippen molar-refractivity contribution < 1.29 is 28.2 Å². The molecule has 37 heavy (non-hydrogen) atoms. The number of halogens is 2. The molecule has 202 valence electrons. The molecule has 0 aliphatic heterocycles. The van der Waals surface area contributed by atoms with Gasteiger partial charge >= 0.3 is 11.9 Å². The van der Waals surface area contributed by atoms with Crippen LogP contribution in [-0.2, 0) is 16.0 Å². The molecule has 0 heterocycles. The van der Waals surface area contributed by atoms with E-state index in [-0.39, 0.29) is 17.9 Å². The van der Waals surface area contributed by atoms with E-state index in [1.165, 1.54) is 5.56 Å². The monoisotopic (exact) mass is 532 g/mol. The molecule has 2 aromatic rings. The zero-order chi connectivity index (χ0) is 26.6. The fourth-order valence-electron chi connectivity index (χ4n) is 4.44. The molecule has 2 atom stereocenters. The fraction of sp³-hybridized carbons (Fsp3) is 0.533. The van der Waals surface area contributed by atoms with Crippen molar-refractivity contribution in [1.29, 1.82) is 0 Å². The van der Waals surface area contributed by atoms with Crippen LogP contribution in [0.5, 0.6) is 11.5 Å². The molecule has 0 spiro atoms. The fourth-order valence-corrected chi connectivity index (χ4v) is 4.50. The highest BCUT2D eigenvalue weighted by molar-refractivity contribution is 6.20. The van der Waals surface area contributed by atoms with Gasteiger partial charge in [0.1, 0.15) is 24.2 Å². The number of ether oxygens (including phenoxy) is 3. The molecule has 1 aliphatic carbocycles. The number of hydrogen-bond donors (Lipinski definition) is 0. The van der Waals surface area contributed by atoms with Gasteiger partial charge in [0, 0.05) is 0 Å². The highest BCUT2D eigenvalue weighted by Crippen LogP contribution is 2.30. The smallest absolute Gasteiger partial charge is 0.343 e. The van der Waals surface area contributed by atoms with Gasteiger partial charge in [0.25, 0.3) is 0 Å². The first-order valence-corrected chi connectivity index (χ1v) is 13.8. The number of carbonyl (C=O) groups excluding carboxylic acids is 2. The first-order valence-electron chi connectivity index (χ1n) is 13.4. The molecule has 1 aliphatic rings. The maximum absolute atomic E-state index is 13.9. The van der Waals surface area contributed by atoms with Gasteiger partial charge < -0.3 is 14.2 Å². The van der Waals surface area contributed by atoms with Gasteiger partial charge in [0.2, 0.25) is 0 Å². The van der Waals surface area contributed by atoms with Gasteiger partial charge in [-0.2, -0.15) is 0 Å². The molecule has 7 heteroatoms. The molecule has 2 aromatic carbocycles. The van der Waals surface area contributed by atoms with E-state index in [4.69, 9.17) is 25.8 Å². The van der Waals surface area contributed by atoms with Crippen LogP contribution >= 0.6 is 11.6 Å². The predicted octanol–water partition coefficient (Wildman–Crippen LogP) is 7.47. The van der Waals surface area contributed by atoms with Crippen molar-refractivity contribution in [2.45, 2.75) is 89.3 Å². The lowest BCUT2D eigenvalue weighted by Gasteiger charge is -2.28. The SMILES string of the molecule is CCCC[C@H](F)C(=O)O[C@H]1CC[C@H](CCc2ccc(OC(=O)c3ccc(OC[C@H](C)Cl)cc3)cc2)CC1. The predicted molar refractivity (Wildman–Crippen MR) is 143 cm³/mol. The second kappa shape index (κ2) is 15.0. The average Bonchev–Trinajstić information content (AvgIpc) is 2.91. The minimum atomic E-state index is -1.50. The lowest BCUT2D eigenvalue weighted by Crippen LogP contribution is -2.29. The number of carbonyl (C=O) groups is 2. The molecule has 0 radical (unpaired) electrons. The van der Waals surface area contributed by atoms with Gasteiger partial charge in [-0.1, -0.05) is 31.9 Å². The van der Waals surface area contributed by atoms with Gasteiger partial charge in [-0.3, -0.25) is 0 Å². The second-order valence-corrected chi connectivity index (χ2v) is 10.6. The minimum Gasteiger partial charge on any atom is -0.492 e. The van der Waals surface area contributed by atoms with Crippen LogP contribution in [0, 0.1) is 5.92 Å². The van der Waals surface area contributed by atoms with E-state index in [0.717, 1.165) is 44.9 Å². The Labute approximate surface area is 224 Å². The maximum atomic E-state index is 13.9. The standard InChI is InChI=1S/C30H38ClFO5/c1-3-4-5-28(32)30(34)37-27-16-10-23(11-17-27)7-6-22-8-14-26(15-9-22)36-29(33)24-12-18-25(19-13-24)35-20-21(2)31/h8-9,12-15,18-19,21,23,27-28H,3-7,10-11,16-17,20H2,1-2H3/t21-,23-,27-,28-/m0/s1. The Morgan fingerprint density at radius 2 is 1.65 bits per heavy atom. The number of aryl methyl sites for hydroxylation is 1. The van der Waals surface area contributed by atoms with Crippen molar-refractivity contribution in [3.63, 3.8) is 0 Å². The van der Waals surface area contributed by atoms with E-state index in [1.807, 2.05) is 38.1 Å². The Morgan fingerprint density at radius 3 is 2.27 bits per heavy atom. The summed E-state index contributed by atoms with van der Waals surface area (Å²) in [6, 6.07) is 14.4. The third-order valence-corrected chi connectivity index (χ3v) is 6.81. The topological polar surface area (TPSA) is 61.8 Å². The minimum absolute atomic E-state index is 0.0918. The molecule has 0 aromatic heterocycles. The van der Waals surface area contributed by atoms with Crippen molar-refractivity contribution >= 4 is 23.5 Å². The number of benzene rings is 2. The van der Waals surface area contributed by atoms with E-state index in [2.05, 4.69) is 0 Å². The summed E-state index contributed by atoms with van der Waals surface area (Å²) < 4.78 is 30.3. The van der Waals surface area contributed by atoms with Gasteiger partial charge in [-0.25, -0.2) is 14.0 Å². The Hall–Kier alpha value is -2.60. The molecule has 0 bridgehead atoms. The van der Waals surface area contributed by atoms with Crippen molar-refractivity contribution in [2.75, 3.05) is 6.61 Å². The Morgan fingerprint density at radius 1 is 1.00 bits per heavy atom. The zero-order valence-electron chi connectivity index (χ0n) is 21.8. The highest BCUT2D eigenvalue weighted by atomic mass is 35.5. The lowest BCUT2D eigenvalue weighted by molar-refractivity contribution is -0.157. The van der Waals surface area contributed by atoms with Crippen molar-refractivity contribution in [1.82, 2.24) is 0 Å². The summed E-state index contributed by atoms with van der Waals surface area (Å²) in [5, 5.41) is -0.0918. The normalized spacial score (nSPS) is 19.0. The van der Waals surface area contributed by atoms with E-state index in [9.17, 15) is 14.0 Å². The summed E-state index contributed by atoms with van der Waals surface area (Å²) in [5.74, 6) is 0.595. The second-order valence-electron chi connectivity index (χ2n) is 9.88. The third kappa shape index (κ3) is 9.99. The molecule has 3 rings (SSSR count). The van der Waals surface area contributed by atoms with Gasteiger partial charge in [0.05, 0.1) is 10.9 Å². The maximum Gasteiger partial charge on any atom is 0.343 e. The van der Waals surface area contributed by atoms with Crippen LogP contribution in [0.3, 0.4) is 0 Å². The molecule has 1 fully saturated rings. The van der Waals surface area contributed by atoms with Crippen LogP contribution in [0.15, 0.2) is 48.5 Å². The van der Waals surface area contributed by atoms with Crippen molar-refractivity contribution in [3.05, 3.63) is 59.7 Å². The molecule has 0 amide bonds. The quantitative estimate of drug-likeness (QED) is 0.152. The molecule has 0 N–H and O–H groups in total. The Bertz CT molecular complexity index is 968. The molecular formula is C30H38ClFO5. The van der Waals surface area contributed by atoms with Crippen LogP contribution in [-0.4, -0.2) is 36.2 Å². The van der Waals surface area contributed by atoms with Gasteiger partial charge in [-0.15, -0.1) is 11.6 Å². The largest absolute Gasteiger partial charge is 0.492 e. The molecule has 0 saturated heterocycles. The summed E-state index contributed by atoms with van der Waals surface area (Å²) in [4.78, 5) is 24.4. The summed E-state index contributed by atoms with van der Waals surface area (Å²) in [6.45, 7) is 4.23. The van der Waals surface area contributed by atoms with Gasteiger partial charge in [0.15, 0.2) is 6.17 Å². The van der Waals surface area contributed by atoms with Crippen LogP contribution in [0.1, 0.15) is 81.1 Å². The first-order chi connectivity index (χ1) is 17.8. The molecule has 0 unspecified atom stereocenters. The first kappa shape index (κ1) is 29.0. The Balaban J connectivity index is 1.37. The molecular weight excluding hydrogens is 495 g/mol. The van der Waals surface area contributed by atoms with Crippen LogP contribution in [0.2, 0.25) is 0 Å². The van der Waals surface area contributed by atoms with Crippen molar-refractivity contribution in [3.8, 4) is 11.5 Å². The number of unbranched alkanes of at least 4 members (excludes halogenated alkanes) is 1. The van der Waals surface area contributed by atoms with E-state index < -0.39 is 18.1 Å². The van der Waals surface area contributed by atoms with E-state index in [1.54, 1.807) is 24.3 Å². The number of rotatable bonds is 13. The summed E-state index contributed by atoms with van der Waals surface area (Å²) in [6.07, 6.45) is 5.69. The summed E-state index contributed by atoms with van der Waals surface area (Å²) >= 11 is 5.89. The number of alkyl halides is 2. The highest BCUT2D eigenvalue weighted by Gasteiger charge is 2.27. The summed E-state index contributed by atoms with van der Waals surface area (Å²) in [5.41, 5.74) is 1.62. The van der Waals surface area contributed by atoms with Crippen LogP contribution in [0.25, 0.3) is 0 Å². The van der Waals surface area contributed by atoms with E-state index in [0.29, 0.717) is 36.0 Å². The molecule has 1 saturated carbocycles. The average molecular weight is 533 g/mol. The van der Waals surface area contributed by atoms with Crippen molar-refractivity contribution in [2.24, 2.45) is 5.92 Å². The molecule has 5 nitrogen and oxygen atoms in total. The van der Waals surface area contributed by atoms with E-state index >= 15 is 0 Å². The van der Waals surface area contributed by atoms with Crippen LogP contribution < -0.4 is 9.47 Å². The lowest BCUT2D eigenvalue weighted by atomic mass is 9.83. The Kier molecular flexibility index (Phi) is 11.7. The number of esters is 2. The zero-order valence-corrected chi connectivity index (χ0v) is 22.6. The number of hydrogen-bond acceptors (Lipinski definition) is 5. The summed E-state index contributed by atoms with van der Waals surface area (Å²) in [7, 11) is 0. The van der Waals surface area contributed by atoms with Crippen LogP contribution in [0.4, 0.5) is 4.39 Å².